The van der Waals surface area contributed by atoms with E-state index in [9.17, 15) is 13.2 Å². The van der Waals surface area contributed by atoms with Crippen LogP contribution in [0.5, 0.6) is 5.75 Å². The minimum absolute atomic E-state index is 0.0218. The molecule has 30 heavy (non-hydrogen) atoms. The molecule has 0 saturated carbocycles. The molecule has 1 aliphatic heterocycles. The molecule has 8 heteroatoms. The summed E-state index contributed by atoms with van der Waals surface area (Å²) in [6.07, 6.45) is 1.72. The van der Waals surface area contributed by atoms with E-state index in [1.165, 1.54) is 23.5 Å². The van der Waals surface area contributed by atoms with Gasteiger partial charge in [0.05, 0.1) is 28.9 Å². The van der Waals surface area contributed by atoms with Gasteiger partial charge in [-0.3, -0.25) is 4.31 Å². The topological polar surface area (TPSA) is 82.1 Å². The zero-order valence-corrected chi connectivity index (χ0v) is 18.3. The molecule has 0 aromatic heterocycles. The molecule has 1 saturated heterocycles. The molecule has 0 N–H and O–H groups in total. The largest absolute Gasteiger partial charge is 0.494 e. The number of esters is 1. The van der Waals surface area contributed by atoms with Crippen LogP contribution in [0.2, 0.25) is 0 Å². The molecule has 0 bridgehead atoms. The van der Waals surface area contributed by atoms with Crippen LogP contribution >= 0.6 is 0 Å². The maximum atomic E-state index is 13.1. The lowest BCUT2D eigenvalue weighted by Crippen LogP contribution is -2.27. The lowest BCUT2D eigenvalue weighted by Gasteiger charge is -2.20. The van der Waals surface area contributed by atoms with Crippen molar-refractivity contribution >= 4 is 21.7 Å². The summed E-state index contributed by atoms with van der Waals surface area (Å²) in [7, 11) is -2.39. The number of carbonyl (C=O) groups is 1. The van der Waals surface area contributed by atoms with Crippen molar-refractivity contribution in [3.05, 3.63) is 53.6 Å². The number of aryl methyl sites for hydroxylation is 1. The lowest BCUT2D eigenvalue weighted by molar-refractivity contribution is 0.0160. The Hall–Kier alpha value is -2.58. The summed E-state index contributed by atoms with van der Waals surface area (Å²) in [5.74, 6) is 0.113. The van der Waals surface area contributed by atoms with Gasteiger partial charge < -0.3 is 14.2 Å². The van der Waals surface area contributed by atoms with E-state index in [0.29, 0.717) is 30.2 Å². The Morgan fingerprint density at radius 3 is 2.57 bits per heavy atom. The fourth-order valence-electron chi connectivity index (χ4n) is 3.22. The van der Waals surface area contributed by atoms with Crippen LogP contribution in [0.25, 0.3) is 0 Å². The second kappa shape index (κ2) is 9.49. The normalized spacial score (nSPS) is 16.3. The van der Waals surface area contributed by atoms with E-state index in [1.807, 2.05) is 6.92 Å². The van der Waals surface area contributed by atoms with Crippen LogP contribution in [-0.2, 0) is 19.5 Å². The van der Waals surface area contributed by atoms with E-state index in [1.54, 1.807) is 37.3 Å². The molecular formula is C22H27NO6S. The molecule has 1 aliphatic rings. The number of nitrogens with zero attached hydrogens (tertiary/aromatic N) is 1. The summed E-state index contributed by atoms with van der Waals surface area (Å²) >= 11 is 0. The Labute approximate surface area is 177 Å². The van der Waals surface area contributed by atoms with Crippen molar-refractivity contribution in [2.45, 2.75) is 37.7 Å². The van der Waals surface area contributed by atoms with Crippen LogP contribution < -0.4 is 9.04 Å². The number of carbonyl (C=O) groups excluding carboxylic acids is 1. The van der Waals surface area contributed by atoms with Crippen molar-refractivity contribution in [1.82, 2.24) is 0 Å². The molecule has 7 nitrogen and oxygen atoms in total. The molecule has 2 aromatic carbocycles. The van der Waals surface area contributed by atoms with Gasteiger partial charge in [0.1, 0.15) is 12.4 Å². The molecule has 162 valence electrons. The van der Waals surface area contributed by atoms with Crippen molar-refractivity contribution < 1.29 is 27.4 Å². The molecule has 0 spiro atoms. The Bertz CT molecular complexity index is 981. The molecule has 0 amide bonds. The number of sulfonamides is 1. The molecular weight excluding hydrogens is 406 g/mol. The number of anilines is 1. The minimum atomic E-state index is -3.86. The van der Waals surface area contributed by atoms with Crippen LogP contribution in [0.15, 0.2) is 47.4 Å². The highest BCUT2D eigenvalue weighted by Gasteiger charge is 2.25. The van der Waals surface area contributed by atoms with Gasteiger partial charge in [0.15, 0.2) is 0 Å². The average Bonchev–Trinajstić information content (AvgIpc) is 3.26. The summed E-state index contributed by atoms with van der Waals surface area (Å²) in [4.78, 5) is 12.6. The first-order chi connectivity index (χ1) is 14.3. The SMILES string of the molecule is CCOc1ccc(N(C)S(=O)(=O)c2ccc(C)c(C(=O)OC[C@@H]3CCCO3)c2)cc1. The average molecular weight is 434 g/mol. The second-order valence-corrected chi connectivity index (χ2v) is 9.08. The van der Waals surface area contributed by atoms with Crippen LogP contribution in [0.3, 0.4) is 0 Å². The molecule has 1 atom stereocenters. The van der Waals surface area contributed by atoms with E-state index >= 15 is 0 Å². The van der Waals surface area contributed by atoms with Crippen LogP contribution in [0.1, 0.15) is 35.7 Å². The summed E-state index contributed by atoms with van der Waals surface area (Å²) in [6, 6.07) is 11.3. The molecule has 2 aromatic rings. The standard InChI is InChI=1S/C22H27NO6S/c1-4-27-18-10-8-17(9-11-18)23(3)30(25,26)20-12-7-16(2)21(14-20)22(24)29-15-19-6-5-13-28-19/h7-12,14,19H,4-6,13,15H2,1-3H3/t19-/m0/s1. The van der Waals surface area contributed by atoms with E-state index < -0.39 is 16.0 Å². The van der Waals surface area contributed by atoms with Gasteiger partial charge in [-0.05, 0) is 68.7 Å². The Morgan fingerprint density at radius 2 is 1.93 bits per heavy atom. The number of rotatable bonds is 8. The first-order valence-corrected chi connectivity index (χ1v) is 11.4. The predicted octanol–water partition coefficient (Wildman–Crippen LogP) is 3.55. The van der Waals surface area contributed by atoms with Gasteiger partial charge in [0.25, 0.3) is 10.0 Å². The van der Waals surface area contributed by atoms with Gasteiger partial charge in [-0.15, -0.1) is 0 Å². The molecule has 0 unspecified atom stereocenters. The second-order valence-electron chi connectivity index (χ2n) is 7.11. The fourth-order valence-corrected chi connectivity index (χ4v) is 4.44. The molecule has 1 heterocycles. The Morgan fingerprint density at radius 1 is 1.20 bits per heavy atom. The smallest absolute Gasteiger partial charge is 0.338 e. The van der Waals surface area contributed by atoms with E-state index in [4.69, 9.17) is 14.2 Å². The number of benzene rings is 2. The quantitative estimate of drug-likeness (QED) is 0.592. The number of ether oxygens (including phenoxy) is 3. The summed E-state index contributed by atoms with van der Waals surface area (Å²) < 4.78 is 43.6. The first-order valence-electron chi connectivity index (χ1n) is 9.94. The molecule has 0 aliphatic carbocycles. The summed E-state index contributed by atoms with van der Waals surface area (Å²) in [5.41, 5.74) is 1.37. The van der Waals surface area contributed by atoms with Crippen molar-refractivity contribution in [2.75, 3.05) is 31.2 Å². The van der Waals surface area contributed by atoms with Crippen molar-refractivity contribution in [2.24, 2.45) is 0 Å². The summed E-state index contributed by atoms with van der Waals surface area (Å²) in [5, 5.41) is 0. The third kappa shape index (κ3) is 4.94. The van der Waals surface area contributed by atoms with Crippen LogP contribution in [-0.4, -0.2) is 47.4 Å². The molecule has 3 rings (SSSR count). The molecule has 0 radical (unpaired) electrons. The van der Waals surface area contributed by atoms with Crippen molar-refractivity contribution in [1.29, 1.82) is 0 Å². The highest BCUT2D eigenvalue weighted by Crippen LogP contribution is 2.26. The van der Waals surface area contributed by atoms with Gasteiger partial charge >= 0.3 is 5.97 Å². The van der Waals surface area contributed by atoms with Gasteiger partial charge in [-0.25, -0.2) is 13.2 Å². The van der Waals surface area contributed by atoms with E-state index in [0.717, 1.165) is 12.8 Å². The lowest BCUT2D eigenvalue weighted by atomic mass is 10.1. The highest BCUT2D eigenvalue weighted by molar-refractivity contribution is 7.92. The predicted molar refractivity (Wildman–Crippen MR) is 114 cm³/mol. The summed E-state index contributed by atoms with van der Waals surface area (Å²) in [6.45, 7) is 5.00. The monoisotopic (exact) mass is 433 g/mol. The highest BCUT2D eigenvalue weighted by atomic mass is 32.2. The third-order valence-electron chi connectivity index (χ3n) is 5.02. The van der Waals surface area contributed by atoms with Gasteiger partial charge in [0, 0.05) is 13.7 Å². The first kappa shape index (κ1) is 22.1. The number of hydrogen-bond acceptors (Lipinski definition) is 6. The maximum absolute atomic E-state index is 13.1. The van der Waals surface area contributed by atoms with Gasteiger partial charge in [-0.2, -0.15) is 0 Å². The van der Waals surface area contributed by atoms with Gasteiger partial charge in [-0.1, -0.05) is 6.07 Å². The van der Waals surface area contributed by atoms with Crippen molar-refractivity contribution in [3.63, 3.8) is 0 Å². The third-order valence-corrected chi connectivity index (χ3v) is 6.80. The molecule has 1 fully saturated rings. The van der Waals surface area contributed by atoms with E-state index in [-0.39, 0.29) is 23.2 Å². The van der Waals surface area contributed by atoms with E-state index in [2.05, 4.69) is 0 Å². The maximum Gasteiger partial charge on any atom is 0.338 e. The van der Waals surface area contributed by atoms with Gasteiger partial charge in [0.2, 0.25) is 0 Å². The Kier molecular flexibility index (Phi) is 6.99. The zero-order chi connectivity index (χ0) is 21.7. The minimum Gasteiger partial charge on any atom is -0.494 e. The zero-order valence-electron chi connectivity index (χ0n) is 17.5. The fraction of sp³-hybridized carbons (Fsp3) is 0.409. The van der Waals surface area contributed by atoms with Crippen molar-refractivity contribution in [3.8, 4) is 5.75 Å². The number of hydrogen-bond donors (Lipinski definition) is 0. The van der Waals surface area contributed by atoms with Crippen LogP contribution in [0, 0.1) is 6.92 Å². The Balaban J connectivity index is 1.79. The van der Waals surface area contributed by atoms with Crippen LogP contribution in [0.4, 0.5) is 5.69 Å².